The second-order valence-electron chi connectivity index (χ2n) is 8.82. The molecule has 6 nitrogen and oxygen atoms in total. The van der Waals surface area contributed by atoms with Crippen molar-refractivity contribution in [2.24, 2.45) is 0 Å². The second-order valence-corrected chi connectivity index (χ2v) is 10.5. The molecule has 2 amide bonds. The van der Waals surface area contributed by atoms with Gasteiger partial charge in [0, 0.05) is 16.8 Å². The molecule has 0 radical (unpaired) electrons. The molecule has 1 aliphatic carbocycles. The van der Waals surface area contributed by atoms with Crippen LogP contribution in [0.1, 0.15) is 64.1 Å². The molecule has 1 saturated carbocycles. The second kappa shape index (κ2) is 11.2. The summed E-state index contributed by atoms with van der Waals surface area (Å²) in [6.45, 7) is 3.69. The number of aryl methyl sites for hydroxylation is 2. The molecule has 35 heavy (non-hydrogen) atoms. The summed E-state index contributed by atoms with van der Waals surface area (Å²) < 4.78 is 5.32. The maximum absolute atomic E-state index is 14.1. The Morgan fingerprint density at radius 3 is 2.43 bits per heavy atom. The molecule has 0 spiro atoms. The minimum atomic E-state index is -0.893. The highest BCUT2D eigenvalue weighted by Crippen LogP contribution is 2.34. The van der Waals surface area contributed by atoms with E-state index in [2.05, 4.69) is 10.3 Å². The lowest BCUT2D eigenvalue weighted by Gasteiger charge is -2.33. The molecule has 4 rings (SSSR count). The predicted molar refractivity (Wildman–Crippen MR) is 141 cm³/mol. The van der Waals surface area contributed by atoms with Crippen LogP contribution in [-0.2, 0) is 4.79 Å². The minimum absolute atomic E-state index is 0.0979. The number of ether oxygens (including phenoxy) is 1. The molecule has 8 heteroatoms. The predicted octanol–water partition coefficient (Wildman–Crippen LogP) is 6.26. The zero-order valence-electron chi connectivity index (χ0n) is 20.2. The van der Waals surface area contributed by atoms with Crippen LogP contribution in [0.2, 0.25) is 5.02 Å². The first-order valence-electron chi connectivity index (χ1n) is 11.8. The summed E-state index contributed by atoms with van der Waals surface area (Å²) >= 11 is 7.66. The van der Waals surface area contributed by atoms with Crippen molar-refractivity contribution in [3.05, 3.63) is 74.7 Å². The van der Waals surface area contributed by atoms with Gasteiger partial charge in [-0.2, -0.15) is 0 Å². The summed E-state index contributed by atoms with van der Waals surface area (Å²) in [5.41, 5.74) is 1.88. The number of carbonyl (C=O) groups is 2. The zero-order valence-corrected chi connectivity index (χ0v) is 21.8. The Morgan fingerprint density at radius 1 is 1.11 bits per heavy atom. The van der Waals surface area contributed by atoms with Crippen LogP contribution < -0.4 is 15.0 Å². The summed E-state index contributed by atoms with van der Waals surface area (Å²) in [5, 5.41) is 4.51. The van der Waals surface area contributed by atoms with Gasteiger partial charge >= 0.3 is 0 Å². The number of benzene rings is 2. The topological polar surface area (TPSA) is 71.5 Å². The lowest BCUT2D eigenvalue weighted by atomic mass is 9.94. The van der Waals surface area contributed by atoms with Gasteiger partial charge in [-0.05, 0) is 62.6 Å². The number of nitrogens with zero attached hydrogens (tertiary/aromatic N) is 2. The summed E-state index contributed by atoms with van der Waals surface area (Å²) in [6.07, 6.45) is 5.26. The van der Waals surface area contributed by atoms with Crippen LogP contribution in [0, 0.1) is 13.8 Å². The quantitative estimate of drug-likeness (QED) is 0.406. The smallest absolute Gasteiger partial charge is 0.271 e. The number of rotatable bonds is 7. The van der Waals surface area contributed by atoms with Crippen LogP contribution in [0.15, 0.2) is 48.5 Å². The van der Waals surface area contributed by atoms with E-state index in [0.29, 0.717) is 32.6 Å². The van der Waals surface area contributed by atoms with Crippen molar-refractivity contribution in [2.75, 3.05) is 12.0 Å². The number of anilines is 1. The first-order chi connectivity index (χ1) is 16.9. The SMILES string of the molecule is COc1ccc(C(C(=O)NC2CCCCC2)N(C(=O)c2sc(C)nc2C)c2cccc(Cl)c2)cc1. The highest BCUT2D eigenvalue weighted by atomic mass is 35.5. The number of hydrogen-bond donors (Lipinski definition) is 1. The molecule has 2 aromatic carbocycles. The molecule has 1 unspecified atom stereocenters. The fourth-order valence-corrected chi connectivity index (χ4v) is 5.62. The van der Waals surface area contributed by atoms with E-state index in [0.717, 1.165) is 30.7 Å². The van der Waals surface area contributed by atoms with Crippen LogP contribution in [0.25, 0.3) is 0 Å². The molecule has 1 N–H and O–H groups in total. The number of hydrogen-bond acceptors (Lipinski definition) is 5. The van der Waals surface area contributed by atoms with Crippen molar-refractivity contribution < 1.29 is 14.3 Å². The van der Waals surface area contributed by atoms with Gasteiger partial charge in [-0.1, -0.05) is 49.1 Å². The standard InChI is InChI=1S/C27H30ClN3O3S/c1-17-25(35-18(2)29-17)27(33)31(22-11-7-8-20(28)16-22)24(19-12-14-23(34-3)15-13-19)26(32)30-21-9-5-4-6-10-21/h7-8,11-16,21,24H,4-6,9-10H2,1-3H3,(H,30,32). The van der Waals surface area contributed by atoms with Crippen molar-refractivity contribution >= 4 is 40.4 Å². The summed E-state index contributed by atoms with van der Waals surface area (Å²) in [5.74, 6) is 0.180. The molecule has 1 atom stereocenters. The van der Waals surface area contributed by atoms with E-state index in [-0.39, 0.29) is 17.9 Å². The number of amides is 2. The van der Waals surface area contributed by atoms with E-state index in [9.17, 15) is 9.59 Å². The highest BCUT2D eigenvalue weighted by molar-refractivity contribution is 7.13. The first-order valence-corrected chi connectivity index (χ1v) is 13.0. The fourth-order valence-electron chi connectivity index (χ4n) is 4.58. The van der Waals surface area contributed by atoms with E-state index in [1.54, 1.807) is 48.4 Å². The monoisotopic (exact) mass is 511 g/mol. The molecule has 184 valence electrons. The fraction of sp³-hybridized carbons (Fsp3) is 0.370. The van der Waals surface area contributed by atoms with Crippen LogP contribution in [0.4, 0.5) is 5.69 Å². The number of halogens is 1. The highest BCUT2D eigenvalue weighted by Gasteiger charge is 2.36. The van der Waals surface area contributed by atoms with Crippen molar-refractivity contribution in [1.29, 1.82) is 0 Å². The van der Waals surface area contributed by atoms with Gasteiger partial charge in [-0.15, -0.1) is 11.3 Å². The average molecular weight is 512 g/mol. The third-order valence-corrected chi connectivity index (χ3v) is 7.59. The molecule has 0 aliphatic heterocycles. The normalized spacial score (nSPS) is 14.9. The average Bonchev–Trinajstić information content (AvgIpc) is 3.20. The first kappa shape index (κ1) is 25.2. The van der Waals surface area contributed by atoms with E-state index < -0.39 is 6.04 Å². The van der Waals surface area contributed by atoms with Gasteiger partial charge in [0.1, 0.15) is 16.7 Å². The largest absolute Gasteiger partial charge is 0.497 e. The van der Waals surface area contributed by atoms with Gasteiger partial charge in [-0.3, -0.25) is 14.5 Å². The van der Waals surface area contributed by atoms with E-state index in [1.807, 2.05) is 26.0 Å². The van der Waals surface area contributed by atoms with Gasteiger partial charge in [0.2, 0.25) is 5.91 Å². The maximum atomic E-state index is 14.1. The van der Waals surface area contributed by atoms with Gasteiger partial charge in [0.25, 0.3) is 5.91 Å². The van der Waals surface area contributed by atoms with Crippen molar-refractivity contribution in [3.8, 4) is 5.75 Å². The Kier molecular flexibility index (Phi) is 8.08. The zero-order chi connectivity index (χ0) is 24.9. The van der Waals surface area contributed by atoms with Gasteiger partial charge in [0.15, 0.2) is 0 Å². The van der Waals surface area contributed by atoms with E-state index in [4.69, 9.17) is 16.3 Å². The lowest BCUT2D eigenvalue weighted by molar-refractivity contribution is -0.123. The lowest BCUT2D eigenvalue weighted by Crippen LogP contribution is -2.47. The van der Waals surface area contributed by atoms with Crippen molar-refractivity contribution in [3.63, 3.8) is 0 Å². The molecule has 1 aliphatic rings. The molecule has 1 fully saturated rings. The third kappa shape index (κ3) is 5.85. The Bertz CT molecular complexity index is 1190. The number of aromatic nitrogens is 1. The van der Waals surface area contributed by atoms with Gasteiger partial charge < -0.3 is 10.1 Å². The summed E-state index contributed by atoms with van der Waals surface area (Å²) in [4.78, 5) is 34.5. The van der Waals surface area contributed by atoms with Crippen LogP contribution in [0.5, 0.6) is 5.75 Å². The Hall–Kier alpha value is -2.90. The number of carbonyl (C=O) groups excluding carboxylic acids is 2. The van der Waals surface area contributed by atoms with Crippen molar-refractivity contribution in [2.45, 2.75) is 58.0 Å². The molecule has 1 heterocycles. The maximum Gasteiger partial charge on any atom is 0.271 e. The van der Waals surface area contributed by atoms with Crippen molar-refractivity contribution in [1.82, 2.24) is 10.3 Å². The molecular formula is C27H30ClN3O3S. The van der Waals surface area contributed by atoms with E-state index >= 15 is 0 Å². The Labute approximate surface area is 215 Å². The molecular weight excluding hydrogens is 482 g/mol. The van der Waals surface area contributed by atoms with Crippen LogP contribution in [-0.4, -0.2) is 29.9 Å². The summed E-state index contributed by atoms with van der Waals surface area (Å²) in [7, 11) is 1.60. The van der Waals surface area contributed by atoms with Crippen LogP contribution >= 0.6 is 22.9 Å². The summed E-state index contributed by atoms with van der Waals surface area (Å²) in [6, 6.07) is 13.5. The van der Waals surface area contributed by atoms with Crippen LogP contribution in [0.3, 0.4) is 0 Å². The number of thiazole rings is 1. The van der Waals surface area contributed by atoms with E-state index in [1.165, 1.54) is 17.8 Å². The van der Waals surface area contributed by atoms with Gasteiger partial charge in [-0.25, -0.2) is 4.98 Å². The molecule has 1 aromatic heterocycles. The minimum Gasteiger partial charge on any atom is -0.497 e. The Morgan fingerprint density at radius 2 is 1.83 bits per heavy atom. The number of methoxy groups -OCH3 is 1. The molecule has 0 bridgehead atoms. The number of nitrogens with one attached hydrogen (secondary N) is 1. The molecule has 0 saturated heterocycles. The third-order valence-electron chi connectivity index (χ3n) is 6.29. The molecule has 3 aromatic rings. The Balaban J connectivity index is 1.82. The van der Waals surface area contributed by atoms with Gasteiger partial charge in [0.05, 0.1) is 17.8 Å².